The van der Waals surface area contributed by atoms with Crippen LogP contribution in [0.15, 0.2) is 42.7 Å². The Morgan fingerprint density at radius 1 is 1.39 bits per heavy atom. The third-order valence-electron chi connectivity index (χ3n) is 2.46. The topological polar surface area (TPSA) is 65.8 Å². The van der Waals surface area contributed by atoms with Crippen molar-refractivity contribution in [3.8, 4) is 6.07 Å². The third kappa shape index (κ3) is 2.53. The van der Waals surface area contributed by atoms with Crippen molar-refractivity contribution < 1.29 is 4.79 Å². The Balaban J connectivity index is 2.25. The van der Waals surface area contributed by atoms with Crippen molar-refractivity contribution in [1.82, 2.24) is 4.98 Å². The third-order valence-corrected chi connectivity index (χ3v) is 2.46. The number of carbonyl (C=O) groups excluding carboxylic acids is 1. The van der Waals surface area contributed by atoms with E-state index in [1.165, 1.54) is 18.5 Å². The highest BCUT2D eigenvalue weighted by Crippen LogP contribution is 2.13. The first-order chi connectivity index (χ1) is 8.70. The lowest BCUT2D eigenvalue weighted by molar-refractivity contribution is 0.102. The Morgan fingerprint density at radius 2 is 2.22 bits per heavy atom. The number of carbonyl (C=O) groups is 1. The minimum atomic E-state index is -0.328. The summed E-state index contributed by atoms with van der Waals surface area (Å²) >= 11 is 0. The molecule has 0 unspecified atom stereocenters. The van der Waals surface area contributed by atoms with Crippen LogP contribution in [0, 0.1) is 18.3 Å². The van der Waals surface area contributed by atoms with Crippen LogP contribution >= 0.6 is 0 Å². The number of rotatable bonds is 2. The molecule has 88 valence electrons. The van der Waals surface area contributed by atoms with Crippen molar-refractivity contribution in [3.05, 3.63) is 59.4 Å². The van der Waals surface area contributed by atoms with Crippen LogP contribution in [-0.2, 0) is 0 Å². The largest absolute Gasteiger partial charge is 0.322 e. The zero-order valence-electron chi connectivity index (χ0n) is 9.84. The molecule has 0 radical (unpaired) electrons. The molecule has 0 aliphatic heterocycles. The molecule has 0 fully saturated rings. The van der Waals surface area contributed by atoms with Gasteiger partial charge in [0.25, 0.3) is 5.91 Å². The maximum absolute atomic E-state index is 12.0. The van der Waals surface area contributed by atoms with Crippen LogP contribution in [0.5, 0.6) is 0 Å². The summed E-state index contributed by atoms with van der Waals surface area (Å²) in [5.41, 5.74) is 2.35. The molecule has 0 atom stereocenters. The second kappa shape index (κ2) is 5.11. The number of hydrogen-bond donors (Lipinski definition) is 1. The Hall–Kier alpha value is -2.67. The molecule has 1 heterocycles. The van der Waals surface area contributed by atoms with Gasteiger partial charge < -0.3 is 5.32 Å². The molecule has 0 aliphatic carbocycles. The van der Waals surface area contributed by atoms with Gasteiger partial charge in [0.1, 0.15) is 6.07 Å². The Bertz CT molecular complexity index is 629. The standard InChI is InChI=1S/C14H11N3O/c1-10-3-2-4-12(7-10)17-14(18)13-9-16-6-5-11(13)8-15/h2-7,9H,1H3,(H,17,18). The molecule has 0 saturated heterocycles. The van der Waals surface area contributed by atoms with E-state index in [2.05, 4.69) is 10.3 Å². The average molecular weight is 237 g/mol. The molecule has 2 rings (SSSR count). The fourth-order valence-corrected chi connectivity index (χ4v) is 1.59. The van der Waals surface area contributed by atoms with Gasteiger partial charge in [-0.25, -0.2) is 0 Å². The van der Waals surface area contributed by atoms with Crippen LogP contribution in [0.2, 0.25) is 0 Å². The monoisotopic (exact) mass is 237 g/mol. The number of nitrogens with one attached hydrogen (secondary N) is 1. The number of aromatic nitrogens is 1. The minimum Gasteiger partial charge on any atom is -0.322 e. The van der Waals surface area contributed by atoms with Crippen molar-refractivity contribution in [2.45, 2.75) is 6.92 Å². The van der Waals surface area contributed by atoms with Crippen LogP contribution in [0.1, 0.15) is 21.5 Å². The van der Waals surface area contributed by atoms with Crippen molar-refractivity contribution in [1.29, 1.82) is 5.26 Å². The SMILES string of the molecule is Cc1cccc(NC(=O)c2cnccc2C#N)c1. The zero-order chi connectivity index (χ0) is 13.0. The Kier molecular flexibility index (Phi) is 3.35. The maximum atomic E-state index is 12.0. The first-order valence-corrected chi connectivity index (χ1v) is 5.43. The van der Waals surface area contributed by atoms with E-state index in [1.54, 1.807) is 6.07 Å². The van der Waals surface area contributed by atoms with E-state index in [-0.39, 0.29) is 11.5 Å². The van der Waals surface area contributed by atoms with Crippen molar-refractivity contribution >= 4 is 11.6 Å². The van der Waals surface area contributed by atoms with Crippen molar-refractivity contribution in [2.24, 2.45) is 0 Å². The second-order valence-corrected chi connectivity index (χ2v) is 3.86. The molecule has 0 saturated carbocycles. The Labute approximate surface area is 105 Å². The minimum absolute atomic E-state index is 0.279. The summed E-state index contributed by atoms with van der Waals surface area (Å²) in [6.07, 6.45) is 2.88. The van der Waals surface area contributed by atoms with Crippen LogP contribution in [0.4, 0.5) is 5.69 Å². The zero-order valence-corrected chi connectivity index (χ0v) is 9.84. The van der Waals surface area contributed by atoms with Gasteiger partial charge in [0.05, 0.1) is 11.1 Å². The van der Waals surface area contributed by atoms with E-state index < -0.39 is 0 Å². The number of benzene rings is 1. The molecule has 4 heteroatoms. The molecule has 0 aliphatic rings. The molecule has 4 nitrogen and oxygen atoms in total. The lowest BCUT2D eigenvalue weighted by atomic mass is 10.1. The van der Waals surface area contributed by atoms with Gasteiger partial charge >= 0.3 is 0 Å². The van der Waals surface area contributed by atoms with Gasteiger partial charge in [-0.15, -0.1) is 0 Å². The molecule has 18 heavy (non-hydrogen) atoms. The van der Waals surface area contributed by atoms with Crippen LogP contribution in [0.25, 0.3) is 0 Å². The number of aryl methyl sites for hydroxylation is 1. The van der Waals surface area contributed by atoms with Gasteiger partial charge in [-0.05, 0) is 30.7 Å². The highest BCUT2D eigenvalue weighted by molar-refractivity contribution is 6.05. The van der Waals surface area contributed by atoms with E-state index >= 15 is 0 Å². The van der Waals surface area contributed by atoms with E-state index in [4.69, 9.17) is 5.26 Å². The summed E-state index contributed by atoms with van der Waals surface area (Å²) in [5.74, 6) is -0.328. The molecule has 1 amide bonds. The summed E-state index contributed by atoms with van der Waals surface area (Å²) < 4.78 is 0. The quantitative estimate of drug-likeness (QED) is 0.872. The van der Waals surface area contributed by atoms with Crippen LogP contribution in [-0.4, -0.2) is 10.9 Å². The Morgan fingerprint density at radius 3 is 2.94 bits per heavy atom. The number of anilines is 1. The fraction of sp³-hybridized carbons (Fsp3) is 0.0714. The molecule has 1 aromatic heterocycles. The lowest BCUT2D eigenvalue weighted by Gasteiger charge is -2.06. The molecule has 0 spiro atoms. The summed E-state index contributed by atoms with van der Waals surface area (Å²) in [6.45, 7) is 1.94. The number of nitrogens with zero attached hydrogens (tertiary/aromatic N) is 2. The first-order valence-electron chi connectivity index (χ1n) is 5.43. The summed E-state index contributed by atoms with van der Waals surface area (Å²) in [7, 11) is 0. The number of hydrogen-bond acceptors (Lipinski definition) is 3. The first kappa shape index (κ1) is 11.8. The van der Waals surface area contributed by atoms with Crippen LogP contribution in [0.3, 0.4) is 0 Å². The van der Waals surface area contributed by atoms with Gasteiger partial charge in [0.15, 0.2) is 0 Å². The van der Waals surface area contributed by atoms with E-state index in [9.17, 15) is 4.79 Å². The average Bonchev–Trinajstić information content (AvgIpc) is 2.38. The predicted molar refractivity (Wildman–Crippen MR) is 68.1 cm³/mol. The molecule has 2 aromatic rings. The van der Waals surface area contributed by atoms with E-state index in [1.807, 2.05) is 31.2 Å². The van der Waals surface area contributed by atoms with Gasteiger partial charge in [0, 0.05) is 18.1 Å². The summed E-state index contributed by atoms with van der Waals surface area (Å²) in [5, 5.41) is 11.7. The highest BCUT2D eigenvalue weighted by Gasteiger charge is 2.11. The summed E-state index contributed by atoms with van der Waals surface area (Å²) in [6, 6.07) is 11.0. The fourth-order valence-electron chi connectivity index (χ4n) is 1.59. The molecular formula is C14H11N3O. The molecule has 0 bridgehead atoms. The van der Waals surface area contributed by atoms with E-state index in [0.29, 0.717) is 11.3 Å². The van der Waals surface area contributed by atoms with Gasteiger partial charge in [-0.2, -0.15) is 5.26 Å². The normalized spacial score (nSPS) is 9.56. The molecular weight excluding hydrogens is 226 g/mol. The highest BCUT2D eigenvalue weighted by atomic mass is 16.1. The predicted octanol–water partition coefficient (Wildman–Crippen LogP) is 2.51. The number of pyridine rings is 1. The number of amides is 1. The molecule has 1 N–H and O–H groups in total. The lowest BCUT2D eigenvalue weighted by Crippen LogP contribution is -2.13. The van der Waals surface area contributed by atoms with E-state index in [0.717, 1.165) is 5.56 Å². The van der Waals surface area contributed by atoms with Gasteiger partial charge in [-0.3, -0.25) is 9.78 Å². The van der Waals surface area contributed by atoms with Gasteiger partial charge in [-0.1, -0.05) is 12.1 Å². The van der Waals surface area contributed by atoms with Crippen molar-refractivity contribution in [3.63, 3.8) is 0 Å². The smallest absolute Gasteiger partial charge is 0.258 e. The molecule has 1 aromatic carbocycles. The maximum Gasteiger partial charge on any atom is 0.258 e. The summed E-state index contributed by atoms with van der Waals surface area (Å²) in [4.78, 5) is 15.9. The second-order valence-electron chi connectivity index (χ2n) is 3.86. The van der Waals surface area contributed by atoms with Gasteiger partial charge in [0.2, 0.25) is 0 Å². The van der Waals surface area contributed by atoms with Crippen molar-refractivity contribution in [2.75, 3.05) is 5.32 Å². The number of nitriles is 1. The van der Waals surface area contributed by atoms with Crippen LogP contribution < -0.4 is 5.32 Å².